The van der Waals surface area contributed by atoms with Crippen molar-refractivity contribution in [3.63, 3.8) is 0 Å². The van der Waals surface area contributed by atoms with Gasteiger partial charge in [0.15, 0.2) is 49.8 Å². The van der Waals surface area contributed by atoms with Gasteiger partial charge < -0.3 is 10.2 Å². The van der Waals surface area contributed by atoms with E-state index in [-0.39, 0.29) is 27.1 Å². The molecule has 1 amide bonds. The van der Waals surface area contributed by atoms with Crippen molar-refractivity contribution in [1.82, 2.24) is 4.98 Å². The second-order valence-corrected chi connectivity index (χ2v) is 25.5. The third-order valence-electron chi connectivity index (χ3n) is 14.6. The Bertz CT molecular complexity index is 3800. The van der Waals surface area contributed by atoms with Crippen LogP contribution in [-0.2, 0) is 4.79 Å². The maximum atomic E-state index is 13.8. The third kappa shape index (κ3) is 19.7. The highest BCUT2D eigenvalue weighted by atomic mass is 35.5. The van der Waals surface area contributed by atoms with Crippen LogP contribution in [0.3, 0.4) is 0 Å². The molecule has 0 aliphatic rings. The van der Waals surface area contributed by atoms with E-state index in [1.165, 1.54) is 49.9 Å². The molecule has 4 heterocycles. The van der Waals surface area contributed by atoms with E-state index in [0.29, 0.717) is 72.2 Å². The zero-order valence-electron chi connectivity index (χ0n) is 50.9. The molecule has 476 valence electrons. The Balaban J connectivity index is 0.000000268. The summed E-state index contributed by atoms with van der Waals surface area (Å²) < 4.78 is 67.6. The SMILES string of the molecule is Fc1c(F)c(F)c(N=Nc2sc(N=Nc3ccc(N(c4cccs4)c4cccs4)cc3Cl)nc2Cl)c(F)c1F.[C-]#[N+]c1ccc(N=Nc2cc(C#N)c(N=Nc3ccc(N(CC(CC)CCCC)CC(CC)CCCC)cc3NC(=O)C(CC)CCCC)s2)cc1. The Morgan fingerprint density at radius 1 is 0.648 bits per heavy atom. The van der Waals surface area contributed by atoms with Gasteiger partial charge in [-0.1, -0.05) is 151 Å². The van der Waals surface area contributed by atoms with E-state index in [0.717, 1.165) is 73.0 Å². The van der Waals surface area contributed by atoms with Crippen molar-refractivity contribution in [3.8, 4) is 6.07 Å². The van der Waals surface area contributed by atoms with Crippen LogP contribution < -0.4 is 15.1 Å². The highest BCUT2D eigenvalue weighted by Gasteiger charge is 2.27. The van der Waals surface area contributed by atoms with Crippen molar-refractivity contribution in [2.75, 3.05) is 28.2 Å². The number of aromatic nitrogens is 1. The van der Waals surface area contributed by atoms with Crippen molar-refractivity contribution in [1.29, 1.82) is 5.26 Å². The van der Waals surface area contributed by atoms with E-state index < -0.39 is 34.8 Å². The predicted octanol–water partition coefficient (Wildman–Crippen LogP) is 26.0. The average molecular weight is 1350 g/mol. The fourth-order valence-electron chi connectivity index (χ4n) is 9.36. The molecule has 3 unspecified atom stereocenters. The molecule has 0 spiro atoms. The first kappa shape index (κ1) is 70.7. The fourth-order valence-corrected chi connectivity index (χ4v) is 12.8. The van der Waals surface area contributed by atoms with Gasteiger partial charge >= 0.3 is 0 Å². The number of halogens is 7. The Hall–Kier alpha value is -7.71. The quantitative estimate of drug-likeness (QED) is 0.0155. The van der Waals surface area contributed by atoms with Gasteiger partial charge in [-0.25, -0.2) is 31.8 Å². The maximum Gasteiger partial charge on any atom is 0.233 e. The number of nitriles is 1. The first-order valence-corrected chi connectivity index (χ1v) is 33.9. The molecule has 0 saturated carbocycles. The second kappa shape index (κ2) is 35.8. The molecule has 0 radical (unpaired) electrons. The summed E-state index contributed by atoms with van der Waals surface area (Å²) in [6, 6.07) is 29.9. The monoisotopic (exact) mass is 1350 g/mol. The van der Waals surface area contributed by atoms with Crippen LogP contribution >= 0.6 is 68.5 Å². The molecule has 8 rings (SSSR count). The minimum Gasteiger partial charge on any atom is -0.371 e. The topological polar surface area (TPSA) is 176 Å². The van der Waals surface area contributed by atoms with E-state index in [1.54, 1.807) is 65.1 Å². The number of carbonyl (C=O) groups is 1. The number of rotatable bonds is 30. The van der Waals surface area contributed by atoms with E-state index in [1.807, 2.05) is 52.1 Å². The van der Waals surface area contributed by atoms with Gasteiger partial charge in [0.25, 0.3) is 0 Å². The molecular weight excluding hydrogens is 1290 g/mol. The lowest BCUT2D eigenvalue weighted by atomic mass is 9.95. The number of nitrogens with one attached hydrogen (secondary N) is 1. The highest BCUT2D eigenvalue weighted by Crippen LogP contribution is 2.45. The largest absolute Gasteiger partial charge is 0.371 e. The summed E-state index contributed by atoms with van der Waals surface area (Å²) in [5, 5.41) is 52.1. The molecule has 91 heavy (non-hydrogen) atoms. The summed E-state index contributed by atoms with van der Waals surface area (Å²) >= 11 is 17.5. The van der Waals surface area contributed by atoms with Gasteiger partial charge in [-0.05, 0) is 127 Å². The standard InChI is InChI=1S/C42H58N8OS.C23H9Cl2F5N6S3/c1-8-14-17-31(11-4)29-50(30-32(12-5)18-15-9-2)37-24-25-38(39(27-37)45-41(51)33(13-6)19-16-10-3)47-49-42-34(28-43)26-40(52-42)48-46-36-22-20-35(44-7)21-23-36;24-11-9-10(36(13-3-1-7-37-13)14-4-2-8-38-14)5-6-12(11)32-35-23-31-21(25)22(39-23)34-33-20-18(29)16(27)15(26)17(28)19(20)30/h20-27,31-33H,8-19,29-30H2,1-6H3,(H,45,51);1-9H. The fraction of sp³-hybridized carbons (Fsp3) is 0.354. The molecule has 0 fully saturated rings. The van der Waals surface area contributed by atoms with Crippen LogP contribution in [0.4, 0.5) is 97.6 Å². The lowest BCUT2D eigenvalue weighted by Gasteiger charge is -2.33. The third-order valence-corrected chi connectivity index (χ3v) is 18.7. The summed E-state index contributed by atoms with van der Waals surface area (Å²) in [6.45, 7) is 22.4. The van der Waals surface area contributed by atoms with E-state index in [9.17, 15) is 32.0 Å². The first-order chi connectivity index (χ1) is 44.1. The number of thiazole rings is 1. The molecule has 15 nitrogen and oxygen atoms in total. The number of nitrogens with zero attached hydrogens (tertiary/aromatic N) is 13. The first-order valence-electron chi connectivity index (χ1n) is 29.8. The van der Waals surface area contributed by atoms with Crippen LogP contribution in [0.1, 0.15) is 124 Å². The number of thiophene rings is 3. The molecule has 4 aromatic carbocycles. The molecule has 0 aliphatic heterocycles. The normalized spacial score (nSPS) is 12.6. The van der Waals surface area contributed by atoms with E-state index >= 15 is 0 Å². The number of anilines is 5. The minimum atomic E-state index is -2.31. The van der Waals surface area contributed by atoms with E-state index in [2.05, 4.69) is 121 Å². The van der Waals surface area contributed by atoms with Crippen molar-refractivity contribution < 1.29 is 26.7 Å². The Labute approximate surface area is 553 Å². The predicted molar refractivity (Wildman–Crippen MR) is 361 cm³/mol. The number of benzene rings is 4. The number of unbranched alkanes of at least 4 members (excludes halogenated alkanes) is 3. The lowest BCUT2D eigenvalue weighted by molar-refractivity contribution is -0.120. The molecule has 0 aliphatic carbocycles. The molecular formula is C65H67Cl2F5N14OS4. The van der Waals surface area contributed by atoms with Crippen molar-refractivity contribution in [3.05, 3.63) is 158 Å². The van der Waals surface area contributed by atoms with Crippen LogP contribution in [0.2, 0.25) is 10.2 Å². The molecule has 0 saturated heterocycles. The Morgan fingerprint density at radius 3 is 1.79 bits per heavy atom. The summed E-state index contributed by atoms with van der Waals surface area (Å²) in [4.78, 5) is 25.6. The molecule has 1 N–H and O–H groups in total. The molecule has 26 heteroatoms. The Kier molecular flexibility index (Phi) is 27.8. The molecule has 3 atom stereocenters. The summed E-state index contributed by atoms with van der Waals surface area (Å²) in [7, 11) is 0. The molecule has 4 aromatic heterocycles. The smallest absolute Gasteiger partial charge is 0.233 e. The maximum absolute atomic E-state index is 13.8. The summed E-state index contributed by atoms with van der Waals surface area (Å²) in [6.07, 6.45) is 13.2. The van der Waals surface area contributed by atoms with Gasteiger partial charge in [0.2, 0.25) is 16.9 Å². The zero-order valence-corrected chi connectivity index (χ0v) is 55.7. The summed E-state index contributed by atoms with van der Waals surface area (Å²) in [5.74, 6) is -9.78. The van der Waals surface area contributed by atoms with E-state index in [4.69, 9.17) is 29.8 Å². The number of hydrogen-bond acceptors (Lipinski definition) is 17. The zero-order chi connectivity index (χ0) is 65.4. The average Bonchev–Trinajstić information content (AvgIpc) is 1.88. The van der Waals surface area contributed by atoms with Crippen LogP contribution in [0.15, 0.2) is 143 Å². The van der Waals surface area contributed by atoms with Gasteiger partial charge in [-0.2, -0.15) is 5.26 Å². The van der Waals surface area contributed by atoms with Crippen LogP contribution in [0.5, 0.6) is 0 Å². The van der Waals surface area contributed by atoms with Crippen LogP contribution in [0, 0.1) is 64.7 Å². The van der Waals surface area contributed by atoms with Gasteiger partial charge in [-0.15, -0.1) is 63.6 Å². The molecule has 0 bridgehead atoms. The Morgan fingerprint density at radius 2 is 1.23 bits per heavy atom. The number of azo groups is 4. The van der Waals surface area contributed by atoms with Gasteiger partial charge in [0, 0.05) is 30.4 Å². The number of amides is 1. The lowest BCUT2D eigenvalue weighted by Crippen LogP contribution is -2.34. The second-order valence-electron chi connectivity index (χ2n) is 20.9. The highest BCUT2D eigenvalue weighted by molar-refractivity contribution is 7.20. The van der Waals surface area contributed by atoms with Crippen LogP contribution in [-0.4, -0.2) is 24.0 Å². The van der Waals surface area contributed by atoms with Crippen molar-refractivity contribution >= 4 is 150 Å². The van der Waals surface area contributed by atoms with Gasteiger partial charge in [0.1, 0.15) is 32.4 Å². The van der Waals surface area contributed by atoms with Crippen LogP contribution in [0.25, 0.3) is 4.85 Å². The van der Waals surface area contributed by atoms with Gasteiger partial charge in [0.05, 0.1) is 28.5 Å². The minimum absolute atomic E-state index is 0.000765. The number of carbonyl (C=O) groups excluding carboxylic acids is 1. The van der Waals surface area contributed by atoms with Gasteiger partial charge in [-0.3, -0.25) is 9.69 Å². The number of hydrogen-bond donors (Lipinski definition) is 1. The summed E-state index contributed by atoms with van der Waals surface area (Å²) in [5.41, 5.74) is 3.39. The van der Waals surface area contributed by atoms with Crippen molar-refractivity contribution in [2.24, 2.45) is 58.7 Å². The van der Waals surface area contributed by atoms with Crippen molar-refractivity contribution in [2.45, 2.75) is 119 Å². The molecule has 8 aromatic rings.